The first-order valence-corrected chi connectivity index (χ1v) is 9.41. The second-order valence-corrected chi connectivity index (χ2v) is 7.41. The molecule has 154 valence electrons. The molecule has 2 aliphatic heterocycles. The van der Waals surface area contributed by atoms with Gasteiger partial charge < -0.3 is 15.1 Å². The van der Waals surface area contributed by atoms with Crippen molar-refractivity contribution in [1.82, 2.24) is 15.1 Å². The summed E-state index contributed by atoms with van der Waals surface area (Å²) in [7, 11) is 1.91. The molecule has 28 heavy (non-hydrogen) atoms. The average molecular weight is 411 g/mol. The highest BCUT2D eigenvalue weighted by molar-refractivity contribution is 5.98. The summed E-state index contributed by atoms with van der Waals surface area (Å²) < 4.78 is 0. The number of aryl methyl sites for hydroxylation is 1. The Morgan fingerprint density at radius 3 is 2.68 bits per heavy atom. The van der Waals surface area contributed by atoms with Gasteiger partial charge in [0.05, 0.1) is 4.92 Å². The van der Waals surface area contributed by atoms with E-state index in [4.69, 9.17) is 0 Å². The lowest BCUT2D eigenvalue weighted by Gasteiger charge is -2.28. The lowest BCUT2D eigenvalue weighted by atomic mass is 10.1. The lowest BCUT2D eigenvalue weighted by Crippen LogP contribution is -2.47. The van der Waals surface area contributed by atoms with Crippen LogP contribution in [0.2, 0.25) is 0 Å². The van der Waals surface area contributed by atoms with Crippen molar-refractivity contribution >= 4 is 29.9 Å². The minimum absolute atomic E-state index is 0. The van der Waals surface area contributed by atoms with Gasteiger partial charge >= 0.3 is 0 Å². The summed E-state index contributed by atoms with van der Waals surface area (Å²) in [4.78, 5) is 40.0. The zero-order chi connectivity index (χ0) is 19.6. The van der Waals surface area contributed by atoms with E-state index >= 15 is 0 Å². The maximum Gasteiger partial charge on any atom is 0.272 e. The number of nitrogens with zero attached hydrogens (tertiary/aromatic N) is 3. The summed E-state index contributed by atoms with van der Waals surface area (Å²) in [5.41, 5.74) is 0.836. The Labute approximate surface area is 170 Å². The number of halogens is 1. The van der Waals surface area contributed by atoms with Gasteiger partial charge in [-0.1, -0.05) is 0 Å². The van der Waals surface area contributed by atoms with Gasteiger partial charge in [0, 0.05) is 36.8 Å². The standard InChI is InChI=1S/C19H26N4O4.ClH/c1-13-10-15(5-6-16(13)23(26)27)18(24)22-8-3-4-17(22)19(25)21-9-7-14(12-21)11-20-2;/h5-6,10,14,17,20H,3-4,7-9,11-12H2,1-2H3;1H. The van der Waals surface area contributed by atoms with Crippen LogP contribution in [0, 0.1) is 23.0 Å². The molecule has 2 aliphatic rings. The van der Waals surface area contributed by atoms with Gasteiger partial charge in [-0.15, -0.1) is 12.4 Å². The van der Waals surface area contributed by atoms with Crippen molar-refractivity contribution in [2.24, 2.45) is 5.92 Å². The first kappa shape index (κ1) is 22.1. The summed E-state index contributed by atoms with van der Waals surface area (Å²) in [5.74, 6) is 0.259. The van der Waals surface area contributed by atoms with Gasteiger partial charge in [0.15, 0.2) is 0 Å². The van der Waals surface area contributed by atoms with Gasteiger partial charge in [0.2, 0.25) is 5.91 Å². The van der Waals surface area contributed by atoms with Crippen LogP contribution in [-0.2, 0) is 4.79 Å². The molecule has 2 fully saturated rings. The topological polar surface area (TPSA) is 95.8 Å². The molecular weight excluding hydrogens is 384 g/mol. The number of nitro groups is 1. The number of nitrogens with one attached hydrogen (secondary N) is 1. The SMILES string of the molecule is CNCC1CCN(C(=O)C2CCCN2C(=O)c2ccc([N+](=O)[O-])c(C)c2)C1.Cl. The second-order valence-electron chi connectivity index (χ2n) is 7.41. The number of nitro benzene ring substituents is 1. The second kappa shape index (κ2) is 9.34. The van der Waals surface area contributed by atoms with E-state index in [9.17, 15) is 19.7 Å². The largest absolute Gasteiger partial charge is 0.341 e. The predicted octanol–water partition coefficient (Wildman–Crippen LogP) is 2.00. The molecule has 1 aromatic rings. The first-order valence-electron chi connectivity index (χ1n) is 9.41. The molecule has 2 atom stereocenters. The van der Waals surface area contributed by atoms with E-state index < -0.39 is 11.0 Å². The third kappa shape index (κ3) is 4.44. The van der Waals surface area contributed by atoms with Crippen LogP contribution >= 0.6 is 12.4 Å². The van der Waals surface area contributed by atoms with Crippen molar-refractivity contribution in [2.75, 3.05) is 33.2 Å². The van der Waals surface area contributed by atoms with Crippen LogP contribution in [0.15, 0.2) is 18.2 Å². The van der Waals surface area contributed by atoms with Gasteiger partial charge in [-0.25, -0.2) is 0 Å². The summed E-state index contributed by atoms with van der Waals surface area (Å²) >= 11 is 0. The Kier molecular flexibility index (Phi) is 7.37. The Morgan fingerprint density at radius 2 is 2.04 bits per heavy atom. The monoisotopic (exact) mass is 410 g/mol. The molecule has 2 heterocycles. The zero-order valence-corrected chi connectivity index (χ0v) is 17.0. The van der Waals surface area contributed by atoms with Gasteiger partial charge in [0.1, 0.15) is 6.04 Å². The minimum Gasteiger partial charge on any atom is -0.341 e. The normalized spacial score (nSPS) is 21.5. The molecule has 2 amide bonds. The van der Waals surface area contributed by atoms with E-state index in [2.05, 4.69) is 5.32 Å². The van der Waals surface area contributed by atoms with Gasteiger partial charge in [-0.2, -0.15) is 0 Å². The highest BCUT2D eigenvalue weighted by atomic mass is 35.5. The van der Waals surface area contributed by atoms with E-state index in [0.29, 0.717) is 30.0 Å². The number of rotatable bonds is 5. The first-order chi connectivity index (χ1) is 12.9. The fourth-order valence-electron chi connectivity index (χ4n) is 4.12. The van der Waals surface area contributed by atoms with E-state index in [1.54, 1.807) is 17.9 Å². The molecule has 0 aromatic heterocycles. The van der Waals surface area contributed by atoms with E-state index in [-0.39, 0.29) is 29.9 Å². The van der Waals surface area contributed by atoms with Crippen LogP contribution in [0.5, 0.6) is 0 Å². The highest BCUT2D eigenvalue weighted by Gasteiger charge is 2.39. The molecule has 9 heteroatoms. The predicted molar refractivity (Wildman–Crippen MR) is 108 cm³/mol. The van der Waals surface area contributed by atoms with Gasteiger partial charge in [-0.3, -0.25) is 19.7 Å². The third-order valence-electron chi connectivity index (χ3n) is 5.53. The Bertz CT molecular complexity index is 757. The van der Waals surface area contributed by atoms with Crippen molar-refractivity contribution in [3.63, 3.8) is 0 Å². The fraction of sp³-hybridized carbons (Fsp3) is 0.579. The smallest absolute Gasteiger partial charge is 0.272 e. The van der Waals surface area contributed by atoms with Crippen LogP contribution in [0.1, 0.15) is 35.2 Å². The molecule has 2 unspecified atom stereocenters. The average Bonchev–Trinajstić information content (AvgIpc) is 3.30. The maximum absolute atomic E-state index is 13.0. The van der Waals surface area contributed by atoms with E-state index in [0.717, 1.165) is 32.5 Å². The van der Waals surface area contributed by atoms with Crippen molar-refractivity contribution in [2.45, 2.75) is 32.2 Å². The maximum atomic E-state index is 13.0. The number of hydrogen-bond donors (Lipinski definition) is 1. The number of carbonyl (C=O) groups is 2. The summed E-state index contributed by atoms with van der Waals surface area (Å²) in [6, 6.07) is 3.95. The van der Waals surface area contributed by atoms with Crippen LogP contribution in [0.25, 0.3) is 0 Å². The summed E-state index contributed by atoms with van der Waals surface area (Å²) in [5, 5.41) is 14.1. The highest BCUT2D eigenvalue weighted by Crippen LogP contribution is 2.26. The zero-order valence-electron chi connectivity index (χ0n) is 16.2. The molecule has 0 spiro atoms. The molecule has 3 rings (SSSR count). The number of hydrogen-bond acceptors (Lipinski definition) is 5. The number of likely N-dealkylation sites (tertiary alicyclic amines) is 2. The quantitative estimate of drug-likeness (QED) is 0.591. The molecule has 2 saturated heterocycles. The summed E-state index contributed by atoms with van der Waals surface area (Å²) in [6.07, 6.45) is 2.44. The van der Waals surface area contributed by atoms with Crippen molar-refractivity contribution < 1.29 is 14.5 Å². The van der Waals surface area contributed by atoms with Crippen LogP contribution in [0.3, 0.4) is 0 Å². The molecule has 0 radical (unpaired) electrons. The Morgan fingerprint density at radius 1 is 1.29 bits per heavy atom. The molecule has 8 nitrogen and oxygen atoms in total. The number of benzene rings is 1. The molecule has 1 N–H and O–H groups in total. The van der Waals surface area contributed by atoms with Gasteiger partial charge in [0.25, 0.3) is 11.6 Å². The minimum atomic E-state index is -0.458. The number of carbonyl (C=O) groups excluding carboxylic acids is 2. The fourth-order valence-corrected chi connectivity index (χ4v) is 4.12. The van der Waals surface area contributed by atoms with Crippen LogP contribution in [-0.4, -0.2) is 65.8 Å². The number of amides is 2. The Hall–Kier alpha value is -2.19. The molecular formula is C19H27ClN4O4. The van der Waals surface area contributed by atoms with E-state index in [1.165, 1.54) is 12.1 Å². The third-order valence-corrected chi connectivity index (χ3v) is 5.53. The lowest BCUT2D eigenvalue weighted by molar-refractivity contribution is -0.385. The molecule has 0 saturated carbocycles. The van der Waals surface area contributed by atoms with Crippen LogP contribution < -0.4 is 5.32 Å². The molecule has 0 aliphatic carbocycles. The van der Waals surface area contributed by atoms with Crippen molar-refractivity contribution in [1.29, 1.82) is 0 Å². The van der Waals surface area contributed by atoms with Gasteiger partial charge in [-0.05, 0) is 57.8 Å². The van der Waals surface area contributed by atoms with Crippen molar-refractivity contribution in [3.05, 3.63) is 39.4 Å². The van der Waals surface area contributed by atoms with Crippen LogP contribution in [0.4, 0.5) is 5.69 Å². The van der Waals surface area contributed by atoms with Crippen molar-refractivity contribution in [3.8, 4) is 0 Å². The summed E-state index contributed by atoms with van der Waals surface area (Å²) in [6.45, 7) is 4.51. The molecule has 0 bridgehead atoms. The Balaban J connectivity index is 0.00000280. The molecule has 1 aromatic carbocycles. The van der Waals surface area contributed by atoms with E-state index in [1.807, 2.05) is 11.9 Å².